The number of para-hydroxylation sites is 1. The highest BCUT2D eigenvalue weighted by Crippen LogP contribution is 2.27. The Morgan fingerprint density at radius 1 is 1.21 bits per heavy atom. The molecule has 28 heavy (non-hydrogen) atoms. The molecule has 9 heteroatoms. The molecule has 4 rings (SSSR count). The van der Waals surface area contributed by atoms with Crippen molar-refractivity contribution in [2.24, 2.45) is 0 Å². The van der Waals surface area contributed by atoms with Crippen LogP contribution in [0.5, 0.6) is 5.75 Å². The summed E-state index contributed by atoms with van der Waals surface area (Å²) in [4.78, 5) is 22.6. The monoisotopic (exact) mass is 380 g/mol. The zero-order valence-corrected chi connectivity index (χ0v) is 15.0. The Labute approximate surface area is 161 Å². The van der Waals surface area contributed by atoms with Crippen molar-refractivity contribution in [2.75, 3.05) is 18.4 Å². The van der Waals surface area contributed by atoms with E-state index in [1.807, 2.05) is 0 Å². The van der Waals surface area contributed by atoms with Crippen LogP contribution in [0.15, 0.2) is 48.8 Å². The van der Waals surface area contributed by atoms with Crippen molar-refractivity contribution >= 4 is 11.9 Å². The fraction of sp³-hybridized carbons (Fsp3) is 0.263. The van der Waals surface area contributed by atoms with Gasteiger partial charge in [0.1, 0.15) is 11.4 Å². The van der Waals surface area contributed by atoms with Gasteiger partial charge < -0.3 is 20.4 Å². The first kappa shape index (κ1) is 17.9. The van der Waals surface area contributed by atoms with E-state index < -0.39 is 6.10 Å². The number of nitrogens with one attached hydrogen (secondary N) is 2. The summed E-state index contributed by atoms with van der Waals surface area (Å²) in [7, 11) is 0. The molecular weight excluding hydrogens is 360 g/mol. The molecule has 1 aliphatic rings. The van der Waals surface area contributed by atoms with Gasteiger partial charge in [-0.05, 0) is 30.7 Å². The molecule has 2 atom stereocenters. The number of carbonyl (C=O) groups is 1. The first-order valence-corrected chi connectivity index (χ1v) is 8.96. The highest BCUT2D eigenvalue weighted by Gasteiger charge is 2.31. The molecule has 1 aromatic carbocycles. The van der Waals surface area contributed by atoms with E-state index in [9.17, 15) is 15.0 Å². The number of aromatic hydroxyl groups is 1. The SMILES string of the molecule is O=C(c1cc(-c2ccccc2O)n[nH]1)N1CC[C@@H](Nc2ncccn2)[C@H](O)C1. The molecule has 3 heterocycles. The second-order valence-corrected chi connectivity index (χ2v) is 6.61. The maximum Gasteiger partial charge on any atom is 0.271 e. The van der Waals surface area contributed by atoms with Crippen LogP contribution >= 0.6 is 0 Å². The Balaban J connectivity index is 1.42. The van der Waals surface area contributed by atoms with Gasteiger partial charge in [0.2, 0.25) is 5.95 Å². The smallest absolute Gasteiger partial charge is 0.271 e. The number of aliphatic hydroxyl groups is 1. The van der Waals surface area contributed by atoms with E-state index in [0.29, 0.717) is 35.9 Å². The van der Waals surface area contributed by atoms with Crippen LogP contribution in [0.2, 0.25) is 0 Å². The van der Waals surface area contributed by atoms with Crippen molar-refractivity contribution < 1.29 is 15.0 Å². The average molecular weight is 380 g/mol. The van der Waals surface area contributed by atoms with E-state index in [-0.39, 0.29) is 24.2 Å². The Kier molecular flexibility index (Phi) is 4.90. The average Bonchev–Trinajstić information content (AvgIpc) is 3.20. The van der Waals surface area contributed by atoms with Gasteiger partial charge in [-0.15, -0.1) is 0 Å². The van der Waals surface area contributed by atoms with Crippen LogP contribution in [0.4, 0.5) is 5.95 Å². The van der Waals surface area contributed by atoms with E-state index in [0.717, 1.165) is 0 Å². The summed E-state index contributed by atoms with van der Waals surface area (Å²) >= 11 is 0. The number of nitrogens with zero attached hydrogens (tertiary/aromatic N) is 4. The summed E-state index contributed by atoms with van der Waals surface area (Å²) in [5.41, 5.74) is 1.34. The number of anilines is 1. The van der Waals surface area contributed by atoms with E-state index >= 15 is 0 Å². The van der Waals surface area contributed by atoms with Gasteiger partial charge in [0.25, 0.3) is 5.91 Å². The number of likely N-dealkylation sites (tertiary alicyclic amines) is 1. The lowest BCUT2D eigenvalue weighted by molar-refractivity contribution is 0.0421. The molecule has 1 saturated heterocycles. The van der Waals surface area contributed by atoms with Gasteiger partial charge >= 0.3 is 0 Å². The number of phenols is 1. The number of piperidine rings is 1. The Bertz CT molecular complexity index is 961. The molecule has 0 unspecified atom stereocenters. The van der Waals surface area contributed by atoms with Crippen molar-refractivity contribution in [3.8, 4) is 17.0 Å². The Morgan fingerprint density at radius 2 is 2.00 bits per heavy atom. The summed E-state index contributed by atoms with van der Waals surface area (Å²) in [6.07, 6.45) is 3.06. The predicted octanol–water partition coefficient (Wildman–Crippen LogP) is 1.26. The summed E-state index contributed by atoms with van der Waals surface area (Å²) in [6.45, 7) is 0.666. The van der Waals surface area contributed by atoms with Gasteiger partial charge in [-0.1, -0.05) is 12.1 Å². The van der Waals surface area contributed by atoms with Crippen LogP contribution in [0.3, 0.4) is 0 Å². The van der Waals surface area contributed by atoms with Gasteiger partial charge in [-0.25, -0.2) is 9.97 Å². The van der Waals surface area contributed by atoms with Gasteiger partial charge in [-0.2, -0.15) is 5.10 Å². The maximum atomic E-state index is 12.8. The number of hydrogen-bond acceptors (Lipinski definition) is 7. The summed E-state index contributed by atoms with van der Waals surface area (Å²) in [5, 5.41) is 30.3. The third-order valence-electron chi connectivity index (χ3n) is 4.74. The number of rotatable bonds is 4. The fourth-order valence-corrected chi connectivity index (χ4v) is 3.25. The molecule has 0 radical (unpaired) electrons. The topological polar surface area (TPSA) is 127 Å². The van der Waals surface area contributed by atoms with Crippen LogP contribution < -0.4 is 5.32 Å². The number of phenolic OH excluding ortho intramolecular Hbond substituents is 1. The highest BCUT2D eigenvalue weighted by atomic mass is 16.3. The number of H-pyrrole nitrogens is 1. The Morgan fingerprint density at radius 3 is 2.75 bits per heavy atom. The fourth-order valence-electron chi connectivity index (χ4n) is 3.25. The first-order chi connectivity index (χ1) is 13.6. The molecule has 9 nitrogen and oxygen atoms in total. The zero-order valence-electron chi connectivity index (χ0n) is 15.0. The number of aliphatic hydroxyl groups excluding tert-OH is 1. The molecule has 1 amide bonds. The molecule has 144 valence electrons. The molecule has 3 aromatic rings. The van der Waals surface area contributed by atoms with Gasteiger partial charge in [0.15, 0.2) is 0 Å². The number of hydrogen-bond donors (Lipinski definition) is 4. The summed E-state index contributed by atoms with van der Waals surface area (Å²) in [5.74, 6) is 0.299. The zero-order chi connectivity index (χ0) is 19.5. The van der Waals surface area contributed by atoms with Crippen LogP contribution in [-0.4, -0.2) is 66.4 Å². The number of β-amino-alcohol motifs (C(OH)–C–C–N with tert-alkyl or cyclic N) is 1. The van der Waals surface area contributed by atoms with Crippen molar-refractivity contribution in [1.82, 2.24) is 25.1 Å². The predicted molar refractivity (Wildman–Crippen MR) is 102 cm³/mol. The van der Waals surface area contributed by atoms with Crippen LogP contribution in [0, 0.1) is 0 Å². The van der Waals surface area contributed by atoms with Gasteiger partial charge in [0, 0.05) is 31.0 Å². The third kappa shape index (κ3) is 3.65. The minimum Gasteiger partial charge on any atom is -0.507 e. The molecule has 1 fully saturated rings. The second-order valence-electron chi connectivity index (χ2n) is 6.61. The van der Waals surface area contributed by atoms with E-state index in [1.165, 1.54) is 0 Å². The minimum absolute atomic E-state index is 0.0958. The number of carbonyl (C=O) groups excluding carboxylic acids is 1. The number of amides is 1. The molecular formula is C19H20N6O3. The van der Waals surface area contributed by atoms with Crippen LogP contribution in [0.25, 0.3) is 11.3 Å². The first-order valence-electron chi connectivity index (χ1n) is 8.96. The number of aromatic amines is 1. The van der Waals surface area contributed by atoms with E-state index in [4.69, 9.17) is 0 Å². The molecule has 0 bridgehead atoms. The molecule has 4 N–H and O–H groups in total. The molecule has 0 saturated carbocycles. The normalized spacial score (nSPS) is 19.4. The lowest BCUT2D eigenvalue weighted by Crippen LogP contribution is -2.51. The molecule has 0 spiro atoms. The van der Waals surface area contributed by atoms with Crippen LogP contribution in [0.1, 0.15) is 16.9 Å². The summed E-state index contributed by atoms with van der Waals surface area (Å²) in [6, 6.07) is 9.89. The highest BCUT2D eigenvalue weighted by molar-refractivity contribution is 5.93. The van der Waals surface area contributed by atoms with Crippen molar-refractivity contribution in [3.63, 3.8) is 0 Å². The van der Waals surface area contributed by atoms with Crippen molar-refractivity contribution in [2.45, 2.75) is 18.6 Å². The molecule has 0 aliphatic carbocycles. The lowest BCUT2D eigenvalue weighted by Gasteiger charge is -2.36. The van der Waals surface area contributed by atoms with Crippen molar-refractivity contribution in [1.29, 1.82) is 0 Å². The van der Waals surface area contributed by atoms with Gasteiger partial charge in [0.05, 0.1) is 17.8 Å². The largest absolute Gasteiger partial charge is 0.507 e. The molecule has 1 aliphatic heterocycles. The van der Waals surface area contributed by atoms with E-state index in [2.05, 4.69) is 25.5 Å². The quantitative estimate of drug-likeness (QED) is 0.536. The second kappa shape index (κ2) is 7.65. The summed E-state index contributed by atoms with van der Waals surface area (Å²) < 4.78 is 0. The van der Waals surface area contributed by atoms with Crippen molar-refractivity contribution in [3.05, 3.63) is 54.5 Å². The maximum absolute atomic E-state index is 12.8. The number of aromatic nitrogens is 4. The van der Waals surface area contributed by atoms with E-state index in [1.54, 1.807) is 53.7 Å². The number of benzene rings is 1. The lowest BCUT2D eigenvalue weighted by atomic mass is 10.0. The third-order valence-corrected chi connectivity index (χ3v) is 4.74. The Hall–Kier alpha value is -3.46. The van der Waals surface area contributed by atoms with Crippen LogP contribution in [-0.2, 0) is 0 Å². The molecule has 2 aromatic heterocycles. The minimum atomic E-state index is -0.748. The van der Waals surface area contributed by atoms with Gasteiger partial charge in [-0.3, -0.25) is 9.89 Å². The standard InChI is InChI=1S/C19H20N6O3/c26-16-5-2-1-4-12(16)14-10-15(24-23-14)18(28)25-9-6-13(17(27)11-25)22-19-20-7-3-8-21-19/h1-5,7-8,10,13,17,26-27H,6,9,11H2,(H,23,24)(H,20,21,22)/t13-,17-/m1/s1.